The van der Waals surface area contributed by atoms with Crippen LogP contribution >= 0.6 is 24.0 Å². The van der Waals surface area contributed by atoms with Crippen molar-refractivity contribution in [3.63, 3.8) is 0 Å². The Balaban J connectivity index is 0.00000261. The van der Waals surface area contributed by atoms with E-state index >= 15 is 0 Å². The fourth-order valence-corrected chi connectivity index (χ4v) is 3.14. The van der Waals surface area contributed by atoms with Crippen LogP contribution < -0.4 is 15.0 Å². The first-order chi connectivity index (χ1) is 12.7. The number of piperazine rings is 1. The third-order valence-electron chi connectivity index (χ3n) is 4.54. The van der Waals surface area contributed by atoms with Gasteiger partial charge in [-0.1, -0.05) is 12.1 Å². The molecule has 1 N–H and O–H groups in total. The number of ether oxygens (including phenoxy) is 1. The summed E-state index contributed by atoms with van der Waals surface area (Å²) in [6, 6.07) is 8.07. The van der Waals surface area contributed by atoms with E-state index in [0.29, 0.717) is 0 Å². The molecule has 1 aliphatic heterocycles. The number of aromatic nitrogens is 2. The zero-order valence-corrected chi connectivity index (χ0v) is 18.4. The van der Waals surface area contributed by atoms with Crippen molar-refractivity contribution in [2.75, 3.05) is 45.2 Å². The minimum atomic E-state index is 0. The van der Waals surface area contributed by atoms with Crippen LogP contribution in [0.15, 0.2) is 41.7 Å². The minimum absolute atomic E-state index is 0. The first-order valence-corrected chi connectivity index (χ1v) is 8.82. The number of rotatable bonds is 4. The van der Waals surface area contributed by atoms with Gasteiger partial charge in [-0.15, -0.1) is 24.0 Å². The van der Waals surface area contributed by atoms with Crippen LogP contribution in [0.25, 0.3) is 0 Å². The Morgan fingerprint density at radius 3 is 2.48 bits per heavy atom. The van der Waals surface area contributed by atoms with E-state index in [9.17, 15) is 0 Å². The van der Waals surface area contributed by atoms with E-state index in [1.165, 1.54) is 5.56 Å². The van der Waals surface area contributed by atoms with Crippen molar-refractivity contribution >= 4 is 35.9 Å². The maximum Gasteiger partial charge on any atom is 0.225 e. The lowest BCUT2D eigenvalue weighted by atomic mass is 10.1. The van der Waals surface area contributed by atoms with E-state index in [-0.39, 0.29) is 24.0 Å². The molecule has 1 aromatic carbocycles. The predicted octanol–water partition coefficient (Wildman–Crippen LogP) is 2.31. The average Bonchev–Trinajstić information content (AvgIpc) is 2.70. The van der Waals surface area contributed by atoms with Gasteiger partial charge < -0.3 is 19.9 Å². The van der Waals surface area contributed by atoms with Gasteiger partial charge in [-0.2, -0.15) is 0 Å². The predicted molar refractivity (Wildman–Crippen MR) is 119 cm³/mol. The molecule has 146 valence electrons. The Bertz CT molecular complexity index is 747. The zero-order chi connectivity index (χ0) is 18.4. The monoisotopic (exact) mass is 482 g/mol. The topological polar surface area (TPSA) is 65.9 Å². The minimum Gasteiger partial charge on any atom is -0.496 e. The lowest BCUT2D eigenvalue weighted by molar-refractivity contribution is 0.370. The highest BCUT2D eigenvalue weighted by Crippen LogP contribution is 2.18. The molecular weight excluding hydrogens is 455 g/mol. The Kier molecular flexibility index (Phi) is 8.08. The highest BCUT2D eigenvalue weighted by atomic mass is 127. The Morgan fingerprint density at radius 1 is 1.19 bits per heavy atom. The van der Waals surface area contributed by atoms with Gasteiger partial charge in [0.05, 0.1) is 7.11 Å². The van der Waals surface area contributed by atoms with Crippen LogP contribution in [0.2, 0.25) is 0 Å². The fourth-order valence-electron chi connectivity index (χ4n) is 3.14. The maximum absolute atomic E-state index is 5.32. The van der Waals surface area contributed by atoms with E-state index in [1.54, 1.807) is 19.5 Å². The van der Waals surface area contributed by atoms with Gasteiger partial charge in [0.1, 0.15) is 5.75 Å². The summed E-state index contributed by atoms with van der Waals surface area (Å²) in [4.78, 5) is 17.6. The molecular formula is C19H27IN6O. The quantitative estimate of drug-likeness (QED) is 0.410. The molecule has 1 aromatic heterocycles. The fraction of sp³-hybridized carbons (Fsp3) is 0.421. The van der Waals surface area contributed by atoms with Crippen LogP contribution in [-0.2, 0) is 6.54 Å². The van der Waals surface area contributed by atoms with E-state index in [0.717, 1.165) is 55.9 Å². The molecule has 0 radical (unpaired) electrons. The molecule has 0 saturated carbocycles. The van der Waals surface area contributed by atoms with E-state index in [2.05, 4.69) is 49.1 Å². The standard InChI is InChI=1S/C19H26N6O.HI/c1-15-13-16(5-6-17(15)26-3)14-23-18(20-2)24-9-11-25(12-10-24)19-21-7-4-8-22-19;/h4-8,13H,9-12,14H2,1-3H3,(H,20,23);1H. The van der Waals surface area contributed by atoms with Crippen LogP contribution in [0.5, 0.6) is 5.75 Å². The second-order valence-electron chi connectivity index (χ2n) is 6.23. The van der Waals surface area contributed by atoms with Crippen LogP contribution in [-0.4, -0.2) is 61.2 Å². The van der Waals surface area contributed by atoms with E-state index in [4.69, 9.17) is 4.74 Å². The molecule has 27 heavy (non-hydrogen) atoms. The summed E-state index contributed by atoms with van der Waals surface area (Å²) in [6.07, 6.45) is 3.57. The summed E-state index contributed by atoms with van der Waals surface area (Å²) in [5.74, 6) is 2.63. The molecule has 0 atom stereocenters. The number of methoxy groups -OCH3 is 1. The van der Waals surface area contributed by atoms with Crippen molar-refractivity contribution in [2.45, 2.75) is 13.5 Å². The molecule has 1 saturated heterocycles. The first-order valence-electron chi connectivity index (χ1n) is 8.82. The number of halogens is 1. The molecule has 7 nitrogen and oxygen atoms in total. The van der Waals surface area contributed by atoms with Crippen LogP contribution in [0, 0.1) is 6.92 Å². The molecule has 0 amide bonds. The maximum atomic E-state index is 5.32. The van der Waals surface area contributed by atoms with Crippen LogP contribution in [0.3, 0.4) is 0 Å². The average molecular weight is 482 g/mol. The summed E-state index contributed by atoms with van der Waals surface area (Å²) < 4.78 is 5.32. The SMILES string of the molecule is CN=C(NCc1ccc(OC)c(C)c1)N1CCN(c2ncccn2)CC1.I. The summed E-state index contributed by atoms with van der Waals surface area (Å²) in [5, 5.41) is 3.46. The normalized spacial score (nSPS) is 14.6. The smallest absolute Gasteiger partial charge is 0.225 e. The number of guanidine groups is 1. The van der Waals surface area contributed by atoms with Gasteiger partial charge >= 0.3 is 0 Å². The van der Waals surface area contributed by atoms with Gasteiger partial charge in [0.25, 0.3) is 0 Å². The molecule has 8 heteroatoms. The van der Waals surface area contributed by atoms with Crippen molar-refractivity contribution in [3.05, 3.63) is 47.8 Å². The van der Waals surface area contributed by atoms with Crippen molar-refractivity contribution in [3.8, 4) is 5.75 Å². The molecule has 1 fully saturated rings. The molecule has 2 heterocycles. The lowest BCUT2D eigenvalue weighted by Crippen LogP contribution is -2.52. The van der Waals surface area contributed by atoms with Gasteiger partial charge in [-0.3, -0.25) is 4.99 Å². The summed E-state index contributed by atoms with van der Waals surface area (Å²) in [6.45, 7) is 6.33. The van der Waals surface area contributed by atoms with Gasteiger partial charge in [-0.25, -0.2) is 9.97 Å². The number of benzene rings is 1. The van der Waals surface area contributed by atoms with Crippen molar-refractivity contribution < 1.29 is 4.74 Å². The van der Waals surface area contributed by atoms with Gasteiger partial charge in [0, 0.05) is 52.2 Å². The van der Waals surface area contributed by atoms with Crippen LogP contribution in [0.1, 0.15) is 11.1 Å². The number of nitrogens with zero attached hydrogens (tertiary/aromatic N) is 5. The van der Waals surface area contributed by atoms with Gasteiger partial charge in [-0.05, 0) is 30.2 Å². The number of anilines is 1. The van der Waals surface area contributed by atoms with Crippen molar-refractivity contribution in [1.82, 2.24) is 20.2 Å². The highest BCUT2D eigenvalue weighted by molar-refractivity contribution is 14.0. The molecule has 3 rings (SSSR count). The summed E-state index contributed by atoms with van der Waals surface area (Å²) in [7, 11) is 3.52. The molecule has 0 unspecified atom stereocenters. The summed E-state index contributed by atoms with van der Waals surface area (Å²) >= 11 is 0. The lowest BCUT2D eigenvalue weighted by Gasteiger charge is -2.36. The zero-order valence-electron chi connectivity index (χ0n) is 16.1. The van der Waals surface area contributed by atoms with E-state index in [1.807, 2.05) is 19.2 Å². The molecule has 1 aliphatic rings. The number of hydrogen-bond acceptors (Lipinski definition) is 5. The van der Waals surface area contributed by atoms with Crippen molar-refractivity contribution in [1.29, 1.82) is 0 Å². The van der Waals surface area contributed by atoms with Crippen LogP contribution in [0.4, 0.5) is 5.95 Å². The van der Waals surface area contributed by atoms with E-state index < -0.39 is 0 Å². The molecule has 0 spiro atoms. The van der Waals surface area contributed by atoms with Crippen molar-refractivity contribution in [2.24, 2.45) is 4.99 Å². The third-order valence-corrected chi connectivity index (χ3v) is 4.54. The number of aryl methyl sites for hydroxylation is 1. The molecule has 0 bridgehead atoms. The Morgan fingerprint density at radius 2 is 1.89 bits per heavy atom. The second kappa shape index (κ2) is 10.3. The third kappa shape index (κ3) is 5.44. The largest absolute Gasteiger partial charge is 0.496 e. The van der Waals surface area contributed by atoms with Gasteiger partial charge in [0.15, 0.2) is 5.96 Å². The number of hydrogen-bond donors (Lipinski definition) is 1. The second-order valence-corrected chi connectivity index (χ2v) is 6.23. The van der Waals surface area contributed by atoms with Gasteiger partial charge in [0.2, 0.25) is 5.95 Å². The number of nitrogens with one attached hydrogen (secondary N) is 1. The molecule has 0 aliphatic carbocycles. The first kappa shape index (κ1) is 21.2. The molecule has 2 aromatic rings. The summed E-state index contributed by atoms with van der Waals surface area (Å²) in [5.41, 5.74) is 2.35. The Labute approximate surface area is 177 Å². The number of aliphatic imine (C=N–C) groups is 1. The Hall–Kier alpha value is -2.10. The highest BCUT2D eigenvalue weighted by Gasteiger charge is 2.20.